The monoisotopic (exact) mass is 305 g/mol. The van der Waals surface area contributed by atoms with Crippen LogP contribution < -0.4 is 5.32 Å². The summed E-state index contributed by atoms with van der Waals surface area (Å²) in [5, 5.41) is 4.84. The molecule has 116 valence electrons. The van der Waals surface area contributed by atoms with Crippen LogP contribution in [-0.2, 0) is 0 Å². The van der Waals surface area contributed by atoms with Gasteiger partial charge in [-0.05, 0) is 60.1 Å². The summed E-state index contributed by atoms with van der Waals surface area (Å²) < 4.78 is 0. The predicted octanol–water partition coefficient (Wildman–Crippen LogP) is 5.60. The molecule has 0 spiro atoms. The second kappa shape index (κ2) is 5.28. The average molecular weight is 306 g/mol. The maximum atomic E-state index is 6.03. The van der Waals surface area contributed by atoms with Gasteiger partial charge in [0.2, 0.25) is 0 Å². The molecule has 0 heterocycles. The third kappa shape index (κ3) is 2.53. The molecule has 4 atom stereocenters. The minimum Gasteiger partial charge on any atom is -0.306 e. The Balaban J connectivity index is 1.82. The lowest BCUT2D eigenvalue weighted by Gasteiger charge is -2.45. The Labute approximate surface area is 134 Å². The summed E-state index contributed by atoms with van der Waals surface area (Å²) >= 11 is 6.03. The van der Waals surface area contributed by atoms with E-state index in [1.165, 1.54) is 24.8 Å². The van der Waals surface area contributed by atoms with Crippen molar-refractivity contribution in [1.82, 2.24) is 5.32 Å². The first kappa shape index (κ1) is 15.4. The first-order chi connectivity index (χ1) is 9.87. The van der Waals surface area contributed by atoms with Gasteiger partial charge in [-0.25, -0.2) is 0 Å². The van der Waals surface area contributed by atoms with E-state index in [1.54, 1.807) is 0 Å². The van der Waals surface area contributed by atoms with E-state index in [0.717, 1.165) is 17.4 Å². The van der Waals surface area contributed by atoms with Gasteiger partial charge in [-0.2, -0.15) is 0 Å². The highest BCUT2D eigenvalue weighted by atomic mass is 35.5. The third-order valence-corrected chi connectivity index (χ3v) is 6.57. The van der Waals surface area contributed by atoms with Crippen LogP contribution in [0.25, 0.3) is 0 Å². The number of nitrogens with one attached hydrogen (secondary N) is 1. The van der Waals surface area contributed by atoms with E-state index in [0.29, 0.717) is 22.9 Å². The van der Waals surface area contributed by atoms with Gasteiger partial charge in [-0.15, -0.1) is 0 Å². The summed E-state index contributed by atoms with van der Waals surface area (Å²) in [4.78, 5) is 0. The van der Waals surface area contributed by atoms with Crippen molar-refractivity contribution in [2.45, 2.75) is 65.5 Å². The maximum absolute atomic E-state index is 6.03. The molecule has 21 heavy (non-hydrogen) atoms. The summed E-state index contributed by atoms with van der Waals surface area (Å²) in [5.41, 5.74) is 2.25. The van der Waals surface area contributed by atoms with Crippen LogP contribution in [-0.4, -0.2) is 6.04 Å². The van der Waals surface area contributed by atoms with Crippen LogP contribution in [0, 0.1) is 16.7 Å². The zero-order chi connectivity index (χ0) is 15.3. The number of hydrogen-bond donors (Lipinski definition) is 1. The molecule has 1 N–H and O–H groups in total. The smallest absolute Gasteiger partial charge is 0.0406 e. The van der Waals surface area contributed by atoms with Crippen molar-refractivity contribution in [2.75, 3.05) is 0 Å². The number of hydrogen-bond acceptors (Lipinski definition) is 1. The van der Waals surface area contributed by atoms with Gasteiger partial charge >= 0.3 is 0 Å². The Kier molecular flexibility index (Phi) is 3.86. The molecular formula is C19H28ClN. The molecule has 4 unspecified atom stereocenters. The van der Waals surface area contributed by atoms with Crippen molar-refractivity contribution in [1.29, 1.82) is 0 Å². The molecule has 2 heteroatoms. The molecule has 2 aliphatic carbocycles. The normalized spacial score (nSPS) is 35.1. The quantitative estimate of drug-likeness (QED) is 0.764. The van der Waals surface area contributed by atoms with Gasteiger partial charge in [0.05, 0.1) is 0 Å². The highest BCUT2D eigenvalue weighted by Crippen LogP contribution is 2.62. The summed E-state index contributed by atoms with van der Waals surface area (Å²) in [6, 6.07) is 9.41. The molecule has 3 rings (SSSR count). The Bertz CT molecular complexity index is 502. The number of fused-ring (bicyclic) bond motifs is 2. The third-order valence-electron chi connectivity index (χ3n) is 6.32. The van der Waals surface area contributed by atoms with Gasteiger partial charge in [0, 0.05) is 17.1 Å². The Morgan fingerprint density at radius 3 is 2.43 bits per heavy atom. The Hall–Kier alpha value is -0.530. The van der Waals surface area contributed by atoms with Gasteiger partial charge in [0.1, 0.15) is 0 Å². The second-order valence-corrected chi connectivity index (χ2v) is 8.46. The minimum atomic E-state index is 0.410. The van der Waals surface area contributed by atoms with Gasteiger partial charge < -0.3 is 5.32 Å². The highest BCUT2D eigenvalue weighted by Gasteiger charge is 2.59. The molecule has 2 aliphatic rings. The first-order valence-corrected chi connectivity index (χ1v) is 8.76. The van der Waals surface area contributed by atoms with Crippen molar-refractivity contribution in [2.24, 2.45) is 16.7 Å². The summed E-state index contributed by atoms with van der Waals surface area (Å²) in [6.07, 6.45) is 5.32. The van der Waals surface area contributed by atoms with Crippen LogP contribution in [0.1, 0.15) is 65.0 Å². The molecule has 0 radical (unpaired) electrons. The van der Waals surface area contributed by atoms with Crippen LogP contribution in [0.5, 0.6) is 0 Å². The van der Waals surface area contributed by atoms with Crippen LogP contribution >= 0.6 is 11.6 Å². The van der Waals surface area contributed by atoms with Crippen LogP contribution in [0.15, 0.2) is 24.3 Å². The molecule has 1 aromatic carbocycles. The van der Waals surface area contributed by atoms with Gasteiger partial charge in [-0.1, -0.05) is 51.4 Å². The zero-order valence-corrected chi connectivity index (χ0v) is 14.5. The van der Waals surface area contributed by atoms with Crippen LogP contribution in [0.3, 0.4) is 0 Å². The minimum absolute atomic E-state index is 0.410. The second-order valence-electron chi connectivity index (χ2n) is 8.03. The molecular weight excluding hydrogens is 278 g/mol. The fourth-order valence-electron chi connectivity index (χ4n) is 5.06. The number of rotatable bonds is 4. The van der Waals surface area contributed by atoms with Gasteiger partial charge in [0.15, 0.2) is 0 Å². The molecule has 0 aromatic heterocycles. The topological polar surface area (TPSA) is 12.0 Å². The molecule has 0 saturated heterocycles. The van der Waals surface area contributed by atoms with Gasteiger partial charge in [0.25, 0.3) is 0 Å². The van der Waals surface area contributed by atoms with E-state index in [-0.39, 0.29) is 0 Å². The molecule has 0 aliphatic heterocycles. The van der Waals surface area contributed by atoms with Crippen LogP contribution in [0.2, 0.25) is 5.02 Å². The molecule has 1 nitrogen and oxygen atoms in total. The Morgan fingerprint density at radius 2 is 1.90 bits per heavy atom. The van der Waals surface area contributed by atoms with Crippen molar-refractivity contribution in [3.05, 3.63) is 34.9 Å². The summed E-state index contributed by atoms with van der Waals surface area (Å²) in [7, 11) is 0. The van der Waals surface area contributed by atoms with E-state index in [2.05, 4.69) is 45.1 Å². The lowest BCUT2D eigenvalue weighted by molar-refractivity contribution is 0.0976. The van der Waals surface area contributed by atoms with Crippen molar-refractivity contribution in [3.8, 4) is 0 Å². The predicted molar refractivity (Wildman–Crippen MR) is 90.6 cm³/mol. The maximum Gasteiger partial charge on any atom is 0.0406 e. The SMILES string of the molecule is CCC(NC1C2(C)CCC(C2)C1(C)C)c1ccc(Cl)cc1. The molecule has 0 amide bonds. The van der Waals surface area contributed by atoms with E-state index in [9.17, 15) is 0 Å². The summed E-state index contributed by atoms with van der Waals surface area (Å²) in [5.74, 6) is 0.891. The number of halogens is 1. The van der Waals surface area contributed by atoms with Gasteiger partial charge in [-0.3, -0.25) is 0 Å². The van der Waals surface area contributed by atoms with E-state index in [4.69, 9.17) is 11.6 Å². The average Bonchev–Trinajstić information content (AvgIpc) is 2.91. The summed E-state index contributed by atoms with van der Waals surface area (Å²) in [6.45, 7) is 9.70. The van der Waals surface area contributed by atoms with Crippen molar-refractivity contribution in [3.63, 3.8) is 0 Å². The molecule has 2 fully saturated rings. The zero-order valence-electron chi connectivity index (χ0n) is 13.7. The standard InChI is InChI=1S/C19H28ClN/c1-5-16(13-6-8-15(20)9-7-13)21-17-18(2,3)14-10-11-19(17,4)12-14/h6-9,14,16-17,21H,5,10-12H2,1-4H3. The molecule has 1 aromatic rings. The van der Waals surface area contributed by atoms with Crippen molar-refractivity contribution < 1.29 is 0 Å². The molecule has 2 bridgehead atoms. The van der Waals surface area contributed by atoms with Crippen molar-refractivity contribution >= 4 is 11.6 Å². The largest absolute Gasteiger partial charge is 0.306 e. The Morgan fingerprint density at radius 1 is 1.24 bits per heavy atom. The highest BCUT2D eigenvalue weighted by molar-refractivity contribution is 6.30. The number of benzene rings is 1. The lowest BCUT2D eigenvalue weighted by atomic mass is 9.68. The lowest BCUT2D eigenvalue weighted by Crippen LogP contribution is -2.51. The fraction of sp³-hybridized carbons (Fsp3) is 0.684. The van der Waals surface area contributed by atoms with E-state index in [1.807, 2.05) is 12.1 Å². The molecule has 2 saturated carbocycles. The van der Waals surface area contributed by atoms with E-state index >= 15 is 0 Å². The van der Waals surface area contributed by atoms with E-state index < -0.39 is 0 Å². The first-order valence-electron chi connectivity index (χ1n) is 8.38. The van der Waals surface area contributed by atoms with Crippen LogP contribution in [0.4, 0.5) is 0 Å². The fourth-order valence-corrected chi connectivity index (χ4v) is 5.19.